The average molecular weight is 195 g/mol. The fourth-order valence-electron chi connectivity index (χ4n) is 1.04. The topological polar surface area (TPSA) is 50.9 Å². The lowest BCUT2D eigenvalue weighted by Crippen LogP contribution is -2.05. The number of hydrogen-bond acceptors (Lipinski definition) is 3. The van der Waals surface area contributed by atoms with Gasteiger partial charge in [0.25, 0.3) is 0 Å². The lowest BCUT2D eigenvalue weighted by atomic mass is 10.2. The summed E-state index contributed by atoms with van der Waals surface area (Å²) < 4.78 is 12.8. The van der Waals surface area contributed by atoms with E-state index < -0.39 is 0 Å². The van der Waals surface area contributed by atoms with Crippen LogP contribution in [-0.4, -0.2) is 18.6 Å². The maximum Gasteiger partial charge on any atom is 0.142 e. The first-order chi connectivity index (χ1) is 6.74. The molecular formula is C10H14FN3. The molecule has 0 spiro atoms. The second-order valence-corrected chi connectivity index (χ2v) is 2.92. The standard InChI is InChI=1S/C10H14FN3/c1-13-5-3-2-4-8-6-9(11)7-14-10(8)12/h2,4,6-7,13H,3,5H2,1H3,(H2,12,14). The number of hydrogen-bond donors (Lipinski definition) is 2. The smallest absolute Gasteiger partial charge is 0.142 e. The molecule has 0 bridgehead atoms. The Hall–Kier alpha value is -1.42. The van der Waals surface area contributed by atoms with Crippen molar-refractivity contribution in [3.05, 3.63) is 29.7 Å². The average Bonchev–Trinajstić information content (AvgIpc) is 2.18. The van der Waals surface area contributed by atoms with Crippen LogP contribution in [0.25, 0.3) is 6.08 Å². The van der Waals surface area contributed by atoms with Gasteiger partial charge in [-0.2, -0.15) is 0 Å². The van der Waals surface area contributed by atoms with E-state index in [-0.39, 0.29) is 5.82 Å². The summed E-state index contributed by atoms with van der Waals surface area (Å²) in [5, 5.41) is 3.01. The lowest BCUT2D eigenvalue weighted by molar-refractivity contribution is 0.621. The first-order valence-corrected chi connectivity index (χ1v) is 4.46. The van der Waals surface area contributed by atoms with Gasteiger partial charge in [-0.3, -0.25) is 0 Å². The number of halogens is 1. The molecule has 4 heteroatoms. The summed E-state index contributed by atoms with van der Waals surface area (Å²) in [5.74, 6) is -0.0143. The zero-order valence-electron chi connectivity index (χ0n) is 8.13. The molecular weight excluding hydrogens is 181 g/mol. The third kappa shape index (κ3) is 3.14. The molecule has 0 amide bonds. The summed E-state index contributed by atoms with van der Waals surface area (Å²) in [6, 6.07) is 1.37. The number of nitrogen functional groups attached to an aromatic ring is 1. The fourth-order valence-corrected chi connectivity index (χ4v) is 1.04. The summed E-state index contributed by atoms with van der Waals surface area (Å²) >= 11 is 0. The van der Waals surface area contributed by atoms with Crippen LogP contribution in [0.5, 0.6) is 0 Å². The van der Waals surface area contributed by atoms with Gasteiger partial charge in [0, 0.05) is 5.56 Å². The molecule has 0 saturated carbocycles. The van der Waals surface area contributed by atoms with Gasteiger partial charge in [0.05, 0.1) is 6.20 Å². The number of anilines is 1. The maximum atomic E-state index is 12.8. The number of aromatic nitrogens is 1. The molecule has 14 heavy (non-hydrogen) atoms. The first kappa shape index (κ1) is 10.7. The van der Waals surface area contributed by atoms with Crippen LogP contribution in [0.2, 0.25) is 0 Å². The molecule has 1 rings (SSSR count). The molecule has 0 fully saturated rings. The van der Waals surface area contributed by atoms with Crippen LogP contribution in [0.3, 0.4) is 0 Å². The van der Waals surface area contributed by atoms with Crippen LogP contribution in [0.1, 0.15) is 12.0 Å². The van der Waals surface area contributed by atoms with E-state index >= 15 is 0 Å². The summed E-state index contributed by atoms with van der Waals surface area (Å²) in [5.41, 5.74) is 6.19. The highest BCUT2D eigenvalue weighted by Crippen LogP contribution is 2.11. The molecule has 0 radical (unpaired) electrons. The van der Waals surface area contributed by atoms with Crippen molar-refractivity contribution in [3.63, 3.8) is 0 Å². The van der Waals surface area contributed by atoms with Crippen molar-refractivity contribution >= 4 is 11.9 Å². The number of pyridine rings is 1. The Balaban J connectivity index is 2.65. The van der Waals surface area contributed by atoms with Crippen molar-refractivity contribution in [2.75, 3.05) is 19.3 Å². The predicted octanol–water partition coefficient (Wildman–Crippen LogP) is 1.43. The zero-order chi connectivity index (χ0) is 10.4. The second-order valence-electron chi connectivity index (χ2n) is 2.92. The molecule has 0 aromatic carbocycles. The molecule has 3 nitrogen and oxygen atoms in total. The van der Waals surface area contributed by atoms with Gasteiger partial charge in [0.2, 0.25) is 0 Å². The van der Waals surface area contributed by atoms with Gasteiger partial charge in [-0.1, -0.05) is 12.2 Å². The lowest BCUT2D eigenvalue weighted by Gasteiger charge is -1.98. The molecule has 0 saturated heterocycles. The fraction of sp³-hybridized carbons (Fsp3) is 0.300. The van der Waals surface area contributed by atoms with E-state index in [1.807, 2.05) is 13.1 Å². The second kappa shape index (κ2) is 5.34. The summed E-state index contributed by atoms with van der Waals surface area (Å²) in [4.78, 5) is 3.71. The molecule has 3 N–H and O–H groups in total. The van der Waals surface area contributed by atoms with Crippen molar-refractivity contribution in [2.24, 2.45) is 0 Å². The zero-order valence-corrected chi connectivity index (χ0v) is 8.13. The molecule has 1 aromatic rings. The highest BCUT2D eigenvalue weighted by molar-refractivity contribution is 5.60. The maximum absolute atomic E-state index is 12.8. The van der Waals surface area contributed by atoms with Gasteiger partial charge in [-0.25, -0.2) is 9.37 Å². The molecule has 0 aliphatic carbocycles. The van der Waals surface area contributed by atoms with E-state index in [4.69, 9.17) is 5.73 Å². The molecule has 0 unspecified atom stereocenters. The van der Waals surface area contributed by atoms with E-state index in [0.717, 1.165) is 19.2 Å². The molecule has 0 aliphatic heterocycles. The summed E-state index contributed by atoms with van der Waals surface area (Å²) in [6.07, 6.45) is 5.71. The molecule has 0 aliphatic rings. The van der Waals surface area contributed by atoms with Crippen LogP contribution in [0.15, 0.2) is 18.3 Å². The number of rotatable bonds is 4. The Bertz CT molecular complexity index is 323. The Morgan fingerprint density at radius 2 is 2.43 bits per heavy atom. The van der Waals surface area contributed by atoms with Crippen molar-refractivity contribution in [3.8, 4) is 0 Å². The van der Waals surface area contributed by atoms with E-state index in [1.54, 1.807) is 6.08 Å². The Morgan fingerprint density at radius 3 is 3.14 bits per heavy atom. The third-order valence-corrected chi connectivity index (χ3v) is 1.77. The van der Waals surface area contributed by atoms with E-state index in [0.29, 0.717) is 11.4 Å². The van der Waals surface area contributed by atoms with Gasteiger partial charge >= 0.3 is 0 Å². The number of nitrogens with one attached hydrogen (secondary N) is 1. The van der Waals surface area contributed by atoms with Gasteiger partial charge in [0.15, 0.2) is 0 Å². The normalized spacial score (nSPS) is 11.0. The number of nitrogens with zero attached hydrogens (tertiary/aromatic N) is 1. The molecule has 0 atom stereocenters. The quantitative estimate of drug-likeness (QED) is 0.714. The molecule has 1 heterocycles. The van der Waals surface area contributed by atoms with E-state index in [2.05, 4.69) is 10.3 Å². The first-order valence-electron chi connectivity index (χ1n) is 4.46. The van der Waals surface area contributed by atoms with Gasteiger partial charge in [-0.05, 0) is 26.1 Å². The predicted molar refractivity (Wildman–Crippen MR) is 56.2 cm³/mol. The van der Waals surface area contributed by atoms with Crippen LogP contribution in [-0.2, 0) is 0 Å². The van der Waals surface area contributed by atoms with E-state index in [1.165, 1.54) is 6.07 Å². The highest BCUT2D eigenvalue weighted by atomic mass is 19.1. The van der Waals surface area contributed by atoms with E-state index in [9.17, 15) is 4.39 Å². The molecule has 1 aromatic heterocycles. The van der Waals surface area contributed by atoms with Crippen LogP contribution >= 0.6 is 0 Å². The molecule has 76 valence electrons. The van der Waals surface area contributed by atoms with Crippen molar-refractivity contribution < 1.29 is 4.39 Å². The largest absolute Gasteiger partial charge is 0.383 e. The van der Waals surface area contributed by atoms with Crippen LogP contribution in [0, 0.1) is 5.82 Å². The Morgan fingerprint density at radius 1 is 1.64 bits per heavy atom. The third-order valence-electron chi connectivity index (χ3n) is 1.77. The van der Waals surface area contributed by atoms with Gasteiger partial charge < -0.3 is 11.1 Å². The minimum absolute atomic E-state index is 0.354. The summed E-state index contributed by atoms with van der Waals surface area (Å²) in [6.45, 7) is 0.888. The van der Waals surface area contributed by atoms with Crippen LogP contribution in [0.4, 0.5) is 10.2 Å². The minimum Gasteiger partial charge on any atom is -0.383 e. The Kier molecular flexibility index (Phi) is 4.07. The highest BCUT2D eigenvalue weighted by Gasteiger charge is 1.97. The van der Waals surface area contributed by atoms with Crippen molar-refractivity contribution in [2.45, 2.75) is 6.42 Å². The summed E-state index contributed by atoms with van der Waals surface area (Å²) in [7, 11) is 1.88. The van der Waals surface area contributed by atoms with Gasteiger partial charge in [0.1, 0.15) is 11.6 Å². The van der Waals surface area contributed by atoms with Crippen molar-refractivity contribution in [1.82, 2.24) is 10.3 Å². The van der Waals surface area contributed by atoms with Crippen molar-refractivity contribution in [1.29, 1.82) is 0 Å². The monoisotopic (exact) mass is 195 g/mol. The van der Waals surface area contributed by atoms with Gasteiger partial charge in [-0.15, -0.1) is 0 Å². The minimum atomic E-state index is -0.368. The van der Waals surface area contributed by atoms with Crippen LogP contribution < -0.4 is 11.1 Å². The number of nitrogens with two attached hydrogens (primary N) is 1. The SMILES string of the molecule is CNCCC=Cc1cc(F)cnc1N. The Labute approximate surface area is 82.8 Å².